The monoisotopic (exact) mass is 378 g/mol. The quantitative estimate of drug-likeness (QED) is 0.881. The molecule has 2 aromatic rings. The number of hydrogen-bond acceptors (Lipinski definition) is 7. The molecule has 0 spiro atoms. The summed E-state index contributed by atoms with van der Waals surface area (Å²) in [5.74, 6) is 0.708. The van der Waals surface area contributed by atoms with Crippen LogP contribution in [0.4, 0.5) is 15.6 Å². The number of carbonyl (C=O) groups excluding carboxylic acids is 1. The zero-order chi connectivity index (χ0) is 17.9. The summed E-state index contributed by atoms with van der Waals surface area (Å²) in [6.45, 7) is 5.45. The number of ether oxygens (including phenoxy) is 3. The summed E-state index contributed by atoms with van der Waals surface area (Å²) in [6, 6.07) is 3.85. The first-order valence-corrected chi connectivity index (χ1v) is 9.52. The maximum atomic E-state index is 12.5. The second kappa shape index (κ2) is 7.65. The Kier molecular flexibility index (Phi) is 5.09. The molecule has 0 aliphatic carbocycles. The van der Waals surface area contributed by atoms with Crippen molar-refractivity contribution in [2.24, 2.45) is 0 Å². The van der Waals surface area contributed by atoms with Crippen LogP contribution in [0, 0.1) is 0 Å². The van der Waals surface area contributed by atoms with Gasteiger partial charge in [0.05, 0.1) is 43.9 Å². The molecule has 2 saturated heterocycles. The largest absolute Gasteiger partial charge is 0.494 e. The van der Waals surface area contributed by atoms with Gasteiger partial charge in [-0.2, -0.15) is 0 Å². The molecule has 26 heavy (non-hydrogen) atoms. The van der Waals surface area contributed by atoms with Crippen molar-refractivity contribution in [1.82, 2.24) is 9.88 Å². The molecule has 8 nitrogen and oxygen atoms in total. The Labute approximate surface area is 155 Å². The van der Waals surface area contributed by atoms with Gasteiger partial charge < -0.3 is 24.0 Å². The van der Waals surface area contributed by atoms with Crippen molar-refractivity contribution in [2.45, 2.75) is 0 Å². The van der Waals surface area contributed by atoms with E-state index in [0.717, 1.165) is 29.0 Å². The van der Waals surface area contributed by atoms with E-state index in [1.54, 1.807) is 12.0 Å². The van der Waals surface area contributed by atoms with Crippen LogP contribution in [0.1, 0.15) is 0 Å². The molecule has 0 bridgehead atoms. The van der Waals surface area contributed by atoms with Gasteiger partial charge in [0.15, 0.2) is 5.13 Å². The van der Waals surface area contributed by atoms with Gasteiger partial charge in [-0.15, -0.1) is 0 Å². The zero-order valence-corrected chi connectivity index (χ0v) is 15.5. The molecule has 9 heteroatoms. The molecule has 140 valence electrons. The second-order valence-electron chi connectivity index (χ2n) is 6.11. The molecule has 1 aromatic carbocycles. The third kappa shape index (κ3) is 3.42. The van der Waals surface area contributed by atoms with Crippen molar-refractivity contribution >= 4 is 38.4 Å². The van der Waals surface area contributed by atoms with Crippen molar-refractivity contribution in [1.29, 1.82) is 0 Å². The first kappa shape index (κ1) is 17.3. The fourth-order valence-corrected chi connectivity index (χ4v) is 4.19. The number of aromatic nitrogens is 1. The molecule has 0 saturated carbocycles. The third-order valence-electron chi connectivity index (χ3n) is 4.57. The fourth-order valence-electron chi connectivity index (χ4n) is 3.18. The van der Waals surface area contributed by atoms with Gasteiger partial charge >= 0.3 is 6.03 Å². The van der Waals surface area contributed by atoms with E-state index in [0.29, 0.717) is 50.4 Å². The SMILES string of the molecule is COc1ccc(N2CCOCC2)c2sc(NC(=O)N3CCOCC3)nc12. The maximum absolute atomic E-state index is 12.5. The number of urea groups is 1. The average Bonchev–Trinajstić information content (AvgIpc) is 3.12. The van der Waals surface area contributed by atoms with Crippen molar-refractivity contribution in [3.05, 3.63) is 12.1 Å². The molecule has 3 heterocycles. The Bertz CT molecular complexity index is 784. The summed E-state index contributed by atoms with van der Waals surface area (Å²) in [4.78, 5) is 21.1. The number of thiazole rings is 1. The molecule has 2 aliphatic rings. The molecule has 0 atom stereocenters. The highest BCUT2D eigenvalue weighted by molar-refractivity contribution is 7.23. The van der Waals surface area contributed by atoms with E-state index >= 15 is 0 Å². The standard InChI is InChI=1S/C17H22N4O4S/c1-23-13-3-2-12(20-4-8-24-9-5-20)15-14(13)18-16(26-15)19-17(22)21-6-10-25-11-7-21/h2-3H,4-11H2,1H3,(H,18,19,22). The number of morpholine rings is 2. The molecule has 0 radical (unpaired) electrons. The number of carbonyl (C=O) groups is 1. The minimum absolute atomic E-state index is 0.140. The number of hydrogen-bond donors (Lipinski definition) is 1. The molecular formula is C17H22N4O4S. The van der Waals surface area contributed by atoms with Crippen LogP contribution < -0.4 is 15.0 Å². The molecule has 2 fully saturated rings. The predicted octanol–water partition coefficient (Wildman–Crippen LogP) is 2.01. The third-order valence-corrected chi connectivity index (χ3v) is 5.56. The molecule has 2 aliphatic heterocycles. The highest BCUT2D eigenvalue weighted by Gasteiger charge is 2.22. The lowest BCUT2D eigenvalue weighted by molar-refractivity contribution is 0.0564. The zero-order valence-electron chi connectivity index (χ0n) is 14.7. The van der Waals surface area contributed by atoms with Crippen LogP contribution in [0.2, 0.25) is 0 Å². The minimum Gasteiger partial charge on any atom is -0.494 e. The maximum Gasteiger partial charge on any atom is 0.323 e. The number of benzene rings is 1. The minimum atomic E-state index is -0.140. The Morgan fingerprint density at radius 2 is 1.85 bits per heavy atom. The number of amides is 2. The van der Waals surface area contributed by atoms with Gasteiger partial charge in [0, 0.05) is 26.2 Å². The summed E-state index contributed by atoms with van der Waals surface area (Å²) < 4.78 is 17.2. The van der Waals surface area contributed by atoms with E-state index in [2.05, 4.69) is 21.3 Å². The first-order chi connectivity index (χ1) is 12.8. The lowest BCUT2D eigenvalue weighted by atomic mass is 10.2. The van der Waals surface area contributed by atoms with Crippen LogP contribution in [-0.4, -0.2) is 75.6 Å². The summed E-state index contributed by atoms with van der Waals surface area (Å²) in [7, 11) is 1.63. The lowest BCUT2D eigenvalue weighted by Gasteiger charge is -2.29. The van der Waals surface area contributed by atoms with Crippen molar-refractivity contribution < 1.29 is 19.0 Å². The van der Waals surface area contributed by atoms with Gasteiger partial charge in [-0.1, -0.05) is 11.3 Å². The van der Waals surface area contributed by atoms with E-state index in [4.69, 9.17) is 14.2 Å². The highest BCUT2D eigenvalue weighted by atomic mass is 32.1. The summed E-state index contributed by atoms with van der Waals surface area (Å²) in [6.07, 6.45) is 0. The number of nitrogens with zero attached hydrogens (tertiary/aromatic N) is 3. The van der Waals surface area contributed by atoms with Crippen LogP contribution in [0.3, 0.4) is 0 Å². The molecule has 0 unspecified atom stereocenters. The van der Waals surface area contributed by atoms with Gasteiger partial charge in [-0.25, -0.2) is 9.78 Å². The van der Waals surface area contributed by atoms with Crippen LogP contribution in [0.15, 0.2) is 12.1 Å². The number of methoxy groups -OCH3 is 1. The summed E-state index contributed by atoms with van der Waals surface area (Å²) >= 11 is 1.48. The molecule has 1 aromatic heterocycles. The van der Waals surface area contributed by atoms with Gasteiger partial charge in [0.2, 0.25) is 0 Å². The van der Waals surface area contributed by atoms with Crippen molar-refractivity contribution in [2.75, 3.05) is 69.9 Å². The number of fused-ring (bicyclic) bond motifs is 1. The lowest BCUT2D eigenvalue weighted by Crippen LogP contribution is -2.43. The highest BCUT2D eigenvalue weighted by Crippen LogP contribution is 2.39. The van der Waals surface area contributed by atoms with E-state index in [9.17, 15) is 4.79 Å². The normalized spacial score (nSPS) is 18.2. The number of nitrogens with one attached hydrogen (secondary N) is 1. The van der Waals surface area contributed by atoms with Crippen molar-refractivity contribution in [3.63, 3.8) is 0 Å². The molecule has 1 N–H and O–H groups in total. The second-order valence-corrected chi connectivity index (χ2v) is 7.11. The topological polar surface area (TPSA) is 76.2 Å². The van der Waals surface area contributed by atoms with Gasteiger partial charge in [0.25, 0.3) is 0 Å². The molecule has 4 rings (SSSR count). The van der Waals surface area contributed by atoms with Crippen LogP contribution in [0.25, 0.3) is 10.2 Å². The summed E-state index contributed by atoms with van der Waals surface area (Å²) in [5, 5.41) is 3.50. The van der Waals surface area contributed by atoms with E-state index in [1.807, 2.05) is 6.07 Å². The molecule has 2 amide bonds. The van der Waals surface area contributed by atoms with Gasteiger partial charge in [-0.3, -0.25) is 5.32 Å². The Hall–Kier alpha value is -2.10. The predicted molar refractivity (Wildman–Crippen MR) is 101 cm³/mol. The van der Waals surface area contributed by atoms with Gasteiger partial charge in [0.1, 0.15) is 11.3 Å². The Morgan fingerprint density at radius 1 is 1.15 bits per heavy atom. The van der Waals surface area contributed by atoms with E-state index in [1.165, 1.54) is 11.3 Å². The van der Waals surface area contributed by atoms with Crippen molar-refractivity contribution in [3.8, 4) is 5.75 Å². The number of anilines is 2. The van der Waals surface area contributed by atoms with E-state index < -0.39 is 0 Å². The summed E-state index contributed by atoms with van der Waals surface area (Å²) in [5.41, 5.74) is 1.88. The van der Waals surface area contributed by atoms with Crippen LogP contribution in [0.5, 0.6) is 5.75 Å². The van der Waals surface area contributed by atoms with Crippen LogP contribution >= 0.6 is 11.3 Å². The molecular weight excluding hydrogens is 356 g/mol. The van der Waals surface area contributed by atoms with E-state index in [-0.39, 0.29) is 6.03 Å². The average molecular weight is 378 g/mol. The Balaban J connectivity index is 1.62. The first-order valence-electron chi connectivity index (χ1n) is 8.70. The fraction of sp³-hybridized carbons (Fsp3) is 0.529. The van der Waals surface area contributed by atoms with Crippen LogP contribution in [-0.2, 0) is 9.47 Å². The van der Waals surface area contributed by atoms with Gasteiger partial charge in [-0.05, 0) is 12.1 Å². The Morgan fingerprint density at radius 3 is 2.54 bits per heavy atom. The number of rotatable bonds is 3. The smallest absolute Gasteiger partial charge is 0.323 e.